The minimum Gasteiger partial charge on any atom is -0.398 e. The second kappa shape index (κ2) is 7.24. The number of ether oxygens (including phenoxy) is 1. The number of amides is 1. The van der Waals surface area contributed by atoms with Crippen LogP contribution in [0.3, 0.4) is 0 Å². The first-order valence-corrected chi connectivity index (χ1v) is 7.34. The second-order valence-electron chi connectivity index (χ2n) is 4.59. The Morgan fingerprint density at radius 3 is 2.81 bits per heavy atom. The maximum atomic E-state index is 12.4. The number of carbonyl (C=O) groups excluding carboxylic acids is 1. The Morgan fingerprint density at radius 1 is 1.29 bits per heavy atom. The van der Waals surface area contributed by atoms with Crippen LogP contribution >= 0.6 is 15.9 Å². The minimum absolute atomic E-state index is 0.223. The molecule has 3 N–H and O–H groups in total. The molecule has 0 atom stereocenters. The fourth-order valence-corrected chi connectivity index (χ4v) is 2.35. The third-order valence-corrected chi connectivity index (χ3v) is 3.59. The van der Waals surface area contributed by atoms with Crippen LogP contribution in [0.1, 0.15) is 15.9 Å². The van der Waals surface area contributed by atoms with Gasteiger partial charge in [0, 0.05) is 23.0 Å². The van der Waals surface area contributed by atoms with Gasteiger partial charge in [0.25, 0.3) is 5.91 Å². The van der Waals surface area contributed by atoms with Crippen molar-refractivity contribution in [3.8, 4) is 0 Å². The molecule has 2 aromatic rings. The highest BCUT2D eigenvalue weighted by Crippen LogP contribution is 2.21. The predicted molar refractivity (Wildman–Crippen MR) is 88.5 cm³/mol. The number of para-hydroxylation sites is 1. The summed E-state index contributed by atoms with van der Waals surface area (Å²) in [5.74, 6) is -0.223. The number of hydrogen-bond donors (Lipinski definition) is 2. The molecule has 0 heterocycles. The van der Waals surface area contributed by atoms with Gasteiger partial charge in [-0.05, 0) is 36.2 Å². The third-order valence-electron chi connectivity index (χ3n) is 3.10. The lowest BCUT2D eigenvalue weighted by atomic mass is 10.1. The van der Waals surface area contributed by atoms with E-state index < -0.39 is 0 Å². The van der Waals surface area contributed by atoms with Crippen molar-refractivity contribution in [3.63, 3.8) is 0 Å². The van der Waals surface area contributed by atoms with Crippen molar-refractivity contribution in [2.24, 2.45) is 0 Å². The Morgan fingerprint density at radius 2 is 2.05 bits per heavy atom. The molecular weight excluding hydrogens is 332 g/mol. The highest BCUT2D eigenvalue weighted by molar-refractivity contribution is 9.10. The maximum Gasteiger partial charge on any atom is 0.257 e. The van der Waals surface area contributed by atoms with E-state index in [2.05, 4.69) is 21.2 Å². The van der Waals surface area contributed by atoms with Crippen LogP contribution in [-0.4, -0.2) is 19.6 Å². The van der Waals surface area contributed by atoms with E-state index in [4.69, 9.17) is 10.5 Å². The van der Waals surface area contributed by atoms with Crippen LogP contribution in [0.2, 0.25) is 0 Å². The summed E-state index contributed by atoms with van der Waals surface area (Å²) >= 11 is 3.35. The first-order chi connectivity index (χ1) is 10.1. The van der Waals surface area contributed by atoms with Gasteiger partial charge < -0.3 is 15.8 Å². The summed E-state index contributed by atoms with van der Waals surface area (Å²) in [6, 6.07) is 12.9. The Labute approximate surface area is 132 Å². The summed E-state index contributed by atoms with van der Waals surface area (Å²) in [6.07, 6.45) is 0.737. The van der Waals surface area contributed by atoms with Gasteiger partial charge in [0.05, 0.1) is 12.2 Å². The van der Waals surface area contributed by atoms with Gasteiger partial charge >= 0.3 is 0 Å². The van der Waals surface area contributed by atoms with Crippen molar-refractivity contribution in [1.82, 2.24) is 0 Å². The zero-order valence-corrected chi connectivity index (χ0v) is 13.3. The Hall–Kier alpha value is -1.85. The van der Waals surface area contributed by atoms with Crippen LogP contribution < -0.4 is 11.1 Å². The summed E-state index contributed by atoms with van der Waals surface area (Å²) < 4.78 is 5.90. The number of carbonyl (C=O) groups is 1. The van der Waals surface area contributed by atoms with Crippen molar-refractivity contribution >= 4 is 33.2 Å². The van der Waals surface area contributed by atoms with E-state index in [0.29, 0.717) is 17.9 Å². The summed E-state index contributed by atoms with van der Waals surface area (Å²) in [6.45, 7) is 0.603. The number of anilines is 2. The molecule has 0 saturated heterocycles. The van der Waals surface area contributed by atoms with Crippen LogP contribution in [0, 0.1) is 0 Å². The van der Waals surface area contributed by atoms with Gasteiger partial charge in [-0.1, -0.05) is 34.1 Å². The van der Waals surface area contributed by atoms with E-state index >= 15 is 0 Å². The molecule has 0 aliphatic rings. The van der Waals surface area contributed by atoms with Crippen LogP contribution in [-0.2, 0) is 11.2 Å². The van der Waals surface area contributed by atoms with Gasteiger partial charge in [-0.2, -0.15) is 0 Å². The highest BCUT2D eigenvalue weighted by Gasteiger charge is 2.12. The summed E-state index contributed by atoms with van der Waals surface area (Å²) in [5.41, 5.74) is 8.57. The molecule has 4 nitrogen and oxygen atoms in total. The molecule has 1 amide bonds. The lowest BCUT2D eigenvalue weighted by Gasteiger charge is -2.12. The highest BCUT2D eigenvalue weighted by atomic mass is 79.9. The molecule has 2 rings (SSSR count). The molecular formula is C16H17BrN2O2. The molecule has 0 fully saturated rings. The number of nitrogen functional groups attached to an aromatic ring is 1. The Bertz CT molecular complexity index is 644. The minimum atomic E-state index is -0.223. The Kier molecular flexibility index (Phi) is 5.36. The number of halogens is 1. The lowest BCUT2D eigenvalue weighted by Crippen LogP contribution is -2.15. The van der Waals surface area contributed by atoms with Crippen LogP contribution in [0.25, 0.3) is 0 Å². The average Bonchev–Trinajstić information content (AvgIpc) is 2.48. The van der Waals surface area contributed by atoms with Gasteiger partial charge in [-0.3, -0.25) is 4.79 Å². The van der Waals surface area contributed by atoms with Crippen molar-refractivity contribution in [3.05, 3.63) is 58.1 Å². The first-order valence-electron chi connectivity index (χ1n) is 6.55. The normalized spacial score (nSPS) is 10.4. The van der Waals surface area contributed by atoms with Gasteiger partial charge in [0.15, 0.2) is 0 Å². The zero-order valence-electron chi connectivity index (χ0n) is 11.7. The van der Waals surface area contributed by atoms with Gasteiger partial charge in [0.1, 0.15) is 0 Å². The average molecular weight is 349 g/mol. The molecule has 5 heteroatoms. The second-order valence-corrected chi connectivity index (χ2v) is 5.50. The lowest BCUT2D eigenvalue weighted by molar-refractivity contribution is 0.102. The molecule has 21 heavy (non-hydrogen) atoms. The fraction of sp³-hybridized carbons (Fsp3) is 0.188. The quantitative estimate of drug-likeness (QED) is 0.813. The zero-order chi connectivity index (χ0) is 15.2. The van der Waals surface area contributed by atoms with Gasteiger partial charge in [-0.25, -0.2) is 0 Å². The van der Waals surface area contributed by atoms with Crippen LogP contribution in [0.4, 0.5) is 11.4 Å². The topological polar surface area (TPSA) is 64.3 Å². The molecule has 0 bridgehead atoms. The number of benzene rings is 2. The number of rotatable bonds is 5. The van der Waals surface area contributed by atoms with Crippen molar-refractivity contribution in [2.75, 3.05) is 24.8 Å². The number of nitrogens with two attached hydrogens (primary N) is 1. The predicted octanol–water partition coefficient (Wildman–Crippen LogP) is 3.47. The van der Waals surface area contributed by atoms with Gasteiger partial charge in [-0.15, -0.1) is 0 Å². The maximum absolute atomic E-state index is 12.4. The first kappa shape index (κ1) is 15.5. The SMILES string of the molecule is COCCc1ccccc1NC(=O)c1cc(Br)ccc1N. The molecule has 0 unspecified atom stereocenters. The number of nitrogens with one attached hydrogen (secondary N) is 1. The molecule has 0 saturated carbocycles. The smallest absolute Gasteiger partial charge is 0.257 e. The van der Waals surface area contributed by atoms with E-state index in [9.17, 15) is 4.79 Å². The monoisotopic (exact) mass is 348 g/mol. The van der Waals surface area contributed by atoms with E-state index in [1.54, 1.807) is 25.3 Å². The number of hydrogen-bond acceptors (Lipinski definition) is 3. The van der Waals surface area contributed by atoms with Crippen LogP contribution in [0.5, 0.6) is 0 Å². The Balaban J connectivity index is 2.21. The van der Waals surface area contributed by atoms with Crippen molar-refractivity contribution < 1.29 is 9.53 Å². The standard InChI is InChI=1S/C16H17BrN2O2/c1-21-9-8-11-4-2-3-5-15(11)19-16(20)13-10-12(17)6-7-14(13)18/h2-7,10H,8-9,18H2,1H3,(H,19,20). The van der Waals surface area contributed by atoms with Gasteiger partial charge in [0.2, 0.25) is 0 Å². The summed E-state index contributed by atoms with van der Waals surface area (Å²) in [4.78, 5) is 12.4. The molecule has 0 aromatic heterocycles. The van der Waals surface area contributed by atoms with Crippen LogP contribution in [0.15, 0.2) is 46.9 Å². The molecule has 110 valence electrons. The molecule has 0 radical (unpaired) electrons. The molecule has 0 aliphatic heterocycles. The largest absolute Gasteiger partial charge is 0.398 e. The van der Waals surface area contributed by atoms with Crippen molar-refractivity contribution in [1.29, 1.82) is 0 Å². The molecule has 2 aromatic carbocycles. The van der Waals surface area contributed by atoms with Crippen molar-refractivity contribution in [2.45, 2.75) is 6.42 Å². The van der Waals surface area contributed by atoms with E-state index in [1.807, 2.05) is 24.3 Å². The molecule has 0 aliphatic carbocycles. The fourth-order valence-electron chi connectivity index (χ4n) is 1.99. The van der Waals surface area contributed by atoms with E-state index in [-0.39, 0.29) is 5.91 Å². The summed E-state index contributed by atoms with van der Waals surface area (Å²) in [5, 5.41) is 2.91. The van der Waals surface area contributed by atoms with E-state index in [0.717, 1.165) is 22.1 Å². The summed E-state index contributed by atoms with van der Waals surface area (Å²) in [7, 11) is 1.66. The number of methoxy groups -OCH3 is 1. The molecule has 0 spiro atoms. The third kappa shape index (κ3) is 4.06. The van der Waals surface area contributed by atoms with E-state index in [1.165, 1.54) is 0 Å².